The Labute approximate surface area is 234 Å². The van der Waals surface area contributed by atoms with Crippen LogP contribution in [0.5, 0.6) is 11.5 Å². The first-order chi connectivity index (χ1) is 19.2. The summed E-state index contributed by atoms with van der Waals surface area (Å²) in [5.74, 6) is -5.60. The molecule has 0 unspecified atom stereocenters. The fourth-order valence-electron chi connectivity index (χ4n) is 3.72. The first kappa shape index (κ1) is 32.8. The molecule has 15 nitrogen and oxygen atoms in total. The SMILES string of the molecule is CC(=O)OC[C@H]1O[C@@H](OCC(=O)c2c[13cH]c(OC(C)=O)[13c](OC(C)=O)c2)[C@H](OC(C)=O)[C@@H](OC(C)=O)[C@@H]1OC(C)=O. The lowest BCUT2D eigenvalue weighted by atomic mass is 9.98. The number of carbonyl (C=O) groups excluding carboxylic acids is 7. The fourth-order valence-corrected chi connectivity index (χ4v) is 3.72. The summed E-state index contributed by atoms with van der Waals surface area (Å²) in [6, 6.07) is 3.67. The predicted octanol–water partition coefficient (Wildman–Crippen LogP) is 0.820. The number of carbonyl (C=O) groups is 7. The van der Waals surface area contributed by atoms with Gasteiger partial charge in [0.2, 0.25) is 0 Å². The molecule has 0 aliphatic carbocycles. The molecule has 1 aromatic rings. The van der Waals surface area contributed by atoms with Gasteiger partial charge in [-0.25, -0.2) is 0 Å². The lowest BCUT2D eigenvalue weighted by molar-refractivity contribution is -0.305. The third-order valence-corrected chi connectivity index (χ3v) is 5.10. The smallest absolute Gasteiger partial charge is 0.308 e. The van der Waals surface area contributed by atoms with Crippen LogP contribution in [0, 0.1) is 0 Å². The van der Waals surface area contributed by atoms with Crippen LogP contribution >= 0.6 is 0 Å². The molecule has 41 heavy (non-hydrogen) atoms. The number of hydrogen-bond donors (Lipinski definition) is 0. The maximum absolute atomic E-state index is 13.0. The number of ketones is 1. The molecule has 1 heterocycles. The average molecular weight is 584 g/mol. The van der Waals surface area contributed by atoms with Crippen LogP contribution in [0.25, 0.3) is 0 Å². The average Bonchev–Trinajstić information content (AvgIpc) is 2.84. The van der Waals surface area contributed by atoms with E-state index in [-0.39, 0.29) is 17.1 Å². The van der Waals surface area contributed by atoms with E-state index in [0.29, 0.717) is 0 Å². The highest BCUT2D eigenvalue weighted by atomic mass is 16.7. The van der Waals surface area contributed by atoms with Gasteiger partial charge in [0.15, 0.2) is 41.9 Å². The minimum absolute atomic E-state index is 0.0252. The molecule has 1 saturated heterocycles. The summed E-state index contributed by atoms with van der Waals surface area (Å²) in [6.45, 7) is 5.38. The minimum atomic E-state index is -1.58. The van der Waals surface area contributed by atoms with Crippen molar-refractivity contribution in [3.63, 3.8) is 0 Å². The minimum Gasteiger partial charge on any atom is -0.463 e. The number of ether oxygens (including phenoxy) is 8. The van der Waals surface area contributed by atoms with Crippen LogP contribution in [0.15, 0.2) is 18.2 Å². The van der Waals surface area contributed by atoms with E-state index >= 15 is 0 Å². The fraction of sp³-hybridized carbons (Fsp3) is 0.500. The molecule has 1 aromatic carbocycles. The molecule has 0 saturated carbocycles. The van der Waals surface area contributed by atoms with Gasteiger partial charge < -0.3 is 37.9 Å². The molecule has 0 amide bonds. The zero-order valence-electron chi connectivity index (χ0n) is 23.2. The summed E-state index contributed by atoms with van der Waals surface area (Å²) in [5.41, 5.74) is -0.0252. The zero-order chi connectivity index (χ0) is 30.9. The Balaban J connectivity index is 2.38. The molecule has 224 valence electrons. The van der Waals surface area contributed by atoms with Gasteiger partial charge in [0.05, 0.1) is 0 Å². The molecule has 1 fully saturated rings. The molecule has 0 bridgehead atoms. The summed E-state index contributed by atoms with van der Waals surface area (Å²) in [4.78, 5) is 82.9. The van der Waals surface area contributed by atoms with E-state index in [4.69, 9.17) is 37.9 Å². The van der Waals surface area contributed by atoms with Crippen molar-refractivity contribution in [2.45, 2.75) is 72.2 Å². The van der Waals surface area contributed by atoms with Crippen molar-refractivity contribution in [2.75, 3.05) is 13.2 Å². The summed E-state index contributed by atoms with van der Waals surface area (Å²) < 4.78 is 42.2. The summed E-state index contributed by atoms with van der Waals surface area (Å²) >= 11 is 0. The number of benzene rings is 1. The predicted molar refractivity (Wildman–Crippen MR) is 131 cm³/mol. The summed E-state index contributed by atoms with van der Waals surface area (Å²) in [5, 5.41) is 0. The van der Waals surface area contributed by atoms with Crippen molar-refractivity contribution in [1.29, 1.82) is 0 Å². The van der Waals surface area contributed by atoms with Gasteiger partial charge >= 0.3 is 35.8 Å². The molecule has 0 N–H and O–H groups in total. The monoisotopic (exact) mass is 584 g/mol. The van der Waals surface area contributed by atoms with Gasteiger partial charge in [0.25, 0.3) is 0 Å². The van der Waals surface area contributed by atoms with Gasteiger partial charge in [0.1, 0.15) is 19.3 Å². The van der Waals surface area contributed by atoms with Crippen LogP contribution in [0.1, 0.15) is 51.9 Å². The maximum Gasteiger partial charge on any atom is 0.308 e. The lowest BCUT2D eigenvalue weighted by Crippen LogP contribution is -2.63. The van der Waals surface area contributed by atoms with E-state index in [9.17, 15) is 33.6 Å². The van der Waals surface area contributed by atoms with Crippen molar-refractivity contribution in [1.82, 2.24) is 0 Å². The molecule has 2 rings (SSSR count). The van der Waals surface area contributed by atoms with Crippen LogP contribution in [-0.4, -0.2) is 85.5 Å². The number of hydrogen-bond acceptors (Lipinski definition) is 15. The Bertz CT molecular complexity index is 1190. The highest BCUT2D eigenvalue weighted by molar-refractivity contribution is 5.98. The zero-order valence-corrected chi connectivity index (χ0v) is 23.2. The second kappa shape index (κ2) is 14.9. The van der Waals surface area contributed by atoms with Gasteiger partial charge in [-0.15, -0.1) is 0 Å². The largest absolute Gasteiger partial charge is 0.463 e. The standard InChI is InChI=1S/C26H30O15/c1-12(27)34-11-22-23(38-15(4)30)24(39-16(5)31)25(40-17(6)32)26(41-22)35-10-19(33)18-7-8-20(36-13(2)28)21(9-18)37-14(3)29/h7-9,22-26H,10-11H2,1-6H3/t22-,23-,24+,25-,26-/m1/s1/i8+1,21+1. The maximum atomic E-state index is 13.0. The molecule has 0 aromatic heterocycles. The first-order valence-electron chi connectivity index (χ1n) is 12.1. The number of rotatable bonds is 11. The van der Waals surface area contributed by atoms with Crippen LogP contribution in [0.4, 0.5) is 0 Å². The molecular weight excluding hydrogens is 554 g/mol. The van der Waals surface area contributed by atoms with E-state index in [1.165, 1.54) is 12.1 Å². The summed E-state index contributed by atoms with van der Waals surface area (Å²) in [7, 11) is 0. The Morgan fingerprint density at radius 1 is 0.659 bits per heavy atom. The van der Waals surface area contributed by atoms with Crippen molar-refractivity contribution in [3.05, 3.63) is 23.8 Å². The van der Waals surface area contributed by atoms with Crippen LogP contribution < -0.4 is 9.47 Å². The summed E-state index contributed by atoms with van der Waals surface area (Å²) in [6.07, 6.45) is -7.24. The van der Waals surface area contributed by atoms with Crippen LogP contribution in [0.3, 0.4) is 0 Å². The van der Waals surface area contributed by atoms with Crippen molar-refractivity contribution >= 4 is 41.6 Å². The molecule has 5 atom stereocenters. The molecular formula is C26H30O15. The van der Waals surface area contributed by atoms with E-state index in [2.05, 4.69) is 0 Å². The Hall–Kier alpha value is -4.37. The van der Waals surface area contributed by atoms with Gasteiger partial charge in [0, 0.05) is 47.1 Å². The molecule has 1 aliphatic heterocycles. The van der Waals surface area contributed by atoms with Gasteiger partial charge in [-0.2, -0.15) is 0 Å². The van der Waals surface area contributed by atoms with Gasteiger partial charge in [-0.3, -0.25) is 33.6 Å². The quantitative estimate of drug-likeness (QED) is 0.153. The Kier molecular flexibility index (Phi) is 11.9. The van der Waals surface area contributed by atoms with Crippen molar-refractivity contribution < 1.29 is 71.5 Å². The third-order valence-electron chi connectivity index (χ3n) is 5.10. The Morgan fingerprint density at radius 3 is 1.73 bits per heavy atom. The molecule has 0 radical (unpaired) electrons. The highest BCUT2D eigenvalue weighted by Crippen LogP contribution is 2.31. The normalized spacial score (nSPS) is 21.6. The molecule has 15 heteroatoms. The van der Waals surface area contributed by atoms with Crippen molar-refractivity contribution in [3.8, 4) is 11.5 Å². The molecule has 0 spiro atoms. The molecule has 1 aliphatic rings. The van der Waals surface area contributed by atoms with Crippen molar-refractivity contribution in [2.24, 2.45) is 0 Å². The number of Topliss-reactive ketones (excluding diaryl/α,β-unsaturated/α-hetero) is 1. The lowest BCUT2D eigenvalue weighted by Gasteiger charge is -2.43. The third kappa shape index (κ3) is 10.3. The topological polar surface area (TPSA) is 193 Å². The second-order valence-corrected chi connectivity index (χ2v) is 8.65. The van der Waals surface area contributed by atoms with E-state index in [0.717, 1.165) is 47.6 Å². The van der Waals surface area contributed by atoms with E-state index in [1.807, 2.05) is 0 Å². The van der Waals surface area contributed by atoms with E-state index in [1.54, 1.807) is 0 Å². The Morgan fingerprint density at radius 2 is 1.20 bits per heavy atom. The first-order valence-corrected chi connectivity index (χ1v) is 12.1. The second-order valence-electron chi connectivity index (χ2n) is 8.65. The highest BCUT2D eigenvalue weighted by Gasteiger charge is 2.52. The van der Waals surface area contributed by atoms with Crippen LogP contribution in [-0.2, 0) is 57.2 Å². The number of esters is 6. The van der Waals surface area contributed by atoms with Gasteiger partial charge in [-0.05, 0) is 18.2 Å². The van der Waals surface area contributed by atoms with Gasteiger partial charge in [-0.1, -0.05) is 0 Å². The van der Waals surface area contributed by atoms with E-state index < -0.39 is 85.5 Å². The van der Waals surface area contributed by atoms with Crippen LogP contribution in [0.2, 0.25) is 0 Å².